The van der Waals surface area contributed by atoms with Crippen molar-refractivity contribution in [3.63, 3.8) is 0 Å². The summed E-state index contributed by atoms with van der Waals surface area (Å²) < 4.78 is 1.99. The molecule has 0 spiro atoms. The van der Waals surface area contributed by atoms with Crippen molar-refractivity contribution in [1.29, 1.82) is 0 Å². The minimum atomic E-state index is 0.0451. The molecule has 2 N–H and O–H groups in total. The normalized spacial score (nSPS) is 13.2. The summed E-state index contributed by atoms with van der Waals surface area (Å²) in [4.78, 5) is 4.87. The van der Waals surface area contributed by atoms with Crippen LogP contribution in [0.15, 0.2) is 41.8 Å². The predicted octanol–water partition coefficient (Wildman–Crippen LogP) is 4.03. The molecule has 0 radical (unpaired) electrons. The van der Waals surface area contributed by atoms with Gasteiger partial charge in [0.05, 0.1) is 28.7 Å². The number of para-hydroxylation sites is 1. The summed E-state index contributed by atoms with van der Waals surface area (Å²) in [7, 11) is 0. The van der Waals surface area contributed by atoms with Crippen molar-refractivity contribution in [3.05, 3.63) is 63.9 Å². The van der Waals surface area contributed by atoms with Gasteiger partial charge in [-0.05, 0) is 25.1 Å². The Morgan fingerprint density at radius 3 is 2.50 bits per heavy atom. The Bertz CT molecular complexity index is 812. The Balaban J connectivity index is 2.05. The number of rotatable bonds is 4. The molecule has 2 aromatic heterocycles. The Kier molecular flexibility index (Phi) is 4.56. The zero-order chi connectivity index (χ0) is 17.3. The SMILES string of the molecule is Cc1cc(C(CN)c2nc(C(C)(C)C)cs2)n(-c2ccccc2)n1. The van der Waals surface area contributed by atoms with E-state index in [1.807, 2.05) is 29.8 Å². The first kappa shape index (κ1) is 16.9. The summed E-state index contributed by atoms with van der Waals surface area (Å²) in [6, 6.07) is 12.3. The fourth-order valence-electron chi connectivity index (χ4n) is 2.68. The first-order valence-corrected chi connectivity index (χ1v) is 9.06. The molecule has 0 aliphatic heterocycles. The summed E-state index contributed by atoms with van der Waals surface area (Å²) in [5.41, 5.74) is 10.4. The molecule has 1 aromatic carbocycles. The third-order valence-electron chi connectivity index (χ3n) is 4.04. The summed E-state index contributed by atoms with van der Waals surface area (Å²) in [6.07, 6.45) is 0. The molecule has 1 atom stereocenters. The van der Waals surface area contributed by atoms with E-state index in [1.54, 1.807) is 11.3 Å². The number of hydrogen-bond acceptors (Lipinski definition) is 4. The van der Waals surface area contributed by atoms with Gasteiger partial charge in [0.1, 0.15) is 5.01 Å². The average Bonchev–Trinajstić information content (AvgIpc) is 3.16. The maximum Gasteiger partial charge on any atom is 0.103 e. The van der Waals surface area contributed by atoms with Crippen LogP contribution in [-0.2, 0) is 5.41 Å². The minimum absolute atomic E-state index is 0.0451. The van der Waals surface area contributed by atoms with Crippen LogP contribution in [0.4, 0.5) is 0 Å². The Labute approximate surface area is 147 Å². The van der Waals surface area contributed by atoms with Gasteiger partial charge < -0.3 is 5.73 Å². The van der Waals surface area contributed by atoms with E-state index in [0.717, 1.165) is 27.8 Å². The van der Waals surface area contributed by atoms with E-state index in [-0.39, 0.29) is 11.3 Å². The standard InChI is InChI=1S/C19H24N4S/c1-13-10-16(23(22-13)14-8-6-5-7-9-14)15(11-20)18-21-17(12-24-18)19(2,3)4/h5-10,12,15H,11,20H2,1-4H3. The molecule has 5 heteroatoms. The van der Waals surface area contributed by atoms with Gasteiger partial charge in [-0.2, -0.15) is 5.10 Å². The lowest BCUT2D eigenvalue weighted by atomic mass is 9.93. The lowest BCUT2D eigenvalue weighted by Gasteiger charge is -2.16. The van der Waals surface area contributed by atoms with Crippen molar-refractivity contribution in [2.24, 2.45) is 5.73 Å². The number of nitrogens with zero attached hydrogens (tertiary/aromatic N) is 3. The first-order chi connectivity index (χ1) is 11.4. The maximum absolute atomic E-state index is 6.14. The number of hydrogen-bond donors (Lipinski definition) is 1. The van der Waals surface area contributed by atoms with Gasteiger partial charge in [-0.15, -0.1) is 11.3 Å². The van der Waals surface area contributed by atoms with Crippen LogP contribution >= 0.6 is 11.3 Å². The highest BCUT2D eigenvalue weighted by Gasteiger charge is 2.25. The van der Waals surface area contributed by atoms with E-state index in [2.05, 4.69) is 49.4 Å². The van der Waals surface area contributed by atoms with Gasteiger partial charge in [-0.25, -0.2) is 9.67 Å². The summed E-state index contributed by atoms with van der Waals surface area (Å²) in [5, 5.41) is 7.87. The molecule has 0 saturated heterocycles. The first-order valence-electron chi connectivity index (χ1n) is 8.18. The molecule has 126 valence electrons. The second-order valence-corrected chi connectivity index (χ2v) is 7.96. The molecule has 4 nitrogen and oxygen atoms in total. The number of aryl methyl sites for hydroxylation is 1. The molecule has 0 saturated carbocycles. The fourth-order valence-corrected chi connectivity index (χ4v) is 3.85. The molecule has 2 heterocycles. The Hall–Kier alpha value is -1.98. The largest absolute Gasteiger partial charge is 0.329 e. The zero-order valence-electron chi connectivity index (χ0n) is 14.7. The monoisotopic (exact) mass is 340 g/mol. The zero-order valence-corrected chi connectivity index (χ0v) is 15.5. The highest BCUT2D eigenvalue weighted by molar-refractivity contribution is 7.09. The molecule has 3 rings (SSSR count). The third-order valence-corrected chi connectivity index (χ3v) is 5.00. The van der Waals surface area contributed by atoms with E-state index in [0.29, 0.717) is 6.54 Å². The highest BCUT2D eigenvalue weighted by atomic mass is 32.1. The number of thiazole rings is 1. The van der Waals surface area contributed by atoms with E-state index in [1.165, 1.54) is 0 Å². The van der Waals surface area contributed by atoms with Crippen molar-refractivity contribution in [3.8, 4) is 5.69 Å². The van der Waals surface area contributed by atoms with Crippen molar-refractivity contribution >= 4 is 11.3 Å². The molecule has 24 heavy (non-hydrogen) atoms. The van der Waals surface area contributed by atoms with Crippen molar-refractivity contribution < 1.29 is 0 Å². The fraction of sp³-hybridized carbons (Fsp3) is 0.368. The molecular formula is C19H24N4S. The van der Waals surface area contributed by atoms with E-state index in [4.69, 9.17) is 10.7 Å². The lowest BCUT2D eigenvalue weighted by Crippen LogP contribution is -2.18. The highest BCUT2D eigenvalue weighted by Crippen LogP contribution is 2.32. The number of benzene rings is 1. The molecule has 0 fully saturated rings. The van der Waals surface area contributed by atoms with Gasteiger partial charge in [0, 0.05) is 17.3 Å². The van der Waals surface area contributed by atoms with E-state index in [9.17, 15) is 0 Å². The Morgan fingerprint density at radius 1 is 1.21 bits per heavy atom. The van der Waals surface area contributed by atoms with Crippen LogP contribution in [0.3, 0.4) is 0 Å². The lowest BCUT2D eigenvalue weighted by molar-refractivity contribution is 0.568. The molecule has 0 aliphatic carbocycles. The van der Waals surface area contributed by atoms with Crippen molar-refractivity contribution in [2.45, 2.75) is 39.0 Å². The van der Waals surface area contributed by atoms with Crippen LogP contribution in [0.5, 0.6) is 0 Å². The molecule has 0 bridgehead atoms. The number of aromatic nitrogens is 3. The quantitative estimate of drug-likeness (QED) is 0.780. The van der Waals surface area contributed by atoms with E-state index < -0.39 is 0 Å². The number of nitrogens with two attached hydrogens (primary N) is 1. The molecule has 0 aliphatic rings. The van der Waals surface area contributed by atoms with Crippen LogP contribution in [0.2, 0.25) is 0 Å². The van der Waals surface area contributed by atoms with E-state index >= 15 is 0 Å². The predicted molar refractivity (Wildman–Crippen MR) is 100 cm³/mol. The third kappa shape index (κ3) is 3.28. The van der Waals surface area contributed by atoms with Crippen molar-refractivity contribution in [2.75, 3.05) is 6.54 Å². The van der Waals surface area contributed by atoms with Crippen LogP contribution < -0.4 is 5.73 Å². The van der Waals surface area contributed by atoms with Crippen LogP contribution in [-0.4, -0.2) is 21.3 Å². The van der Waals surface area contributed by atoms with Crippen LogP contribution in [0.25, 0.3) is 5.69 Å². The smallest absolute Gasteiger partial charge is 0.103 e. The average molecular weight is 340 g/mol. The molecular weight excluding hydrogens is 316 g/mol. The van der Waals surface area contributed by atoms with Gasteiger partial charge in [0.15, 0.2) is 0 Å². The second-order valence-electron chi connectivity index (χ2n) is 7.07. The summed E-state index contributed by atoms with van der Waals surface area (Å²) in [5.74, 6) is 0.0486. The second kappa shape index (κ2) is 6.49. The molecule has 3 aromatic rings. The molecule has 1 unspecified atom stereocenters. The van der Waals surface area contributed by atoms with Crippen LogP contribution in [0.1, 0.15) is 48.8 Å². The topological polar surface area (TPSA) is 56.7 Å². The van der Waals surface area contributed by atoms with Gasteiger partial charge in [0.25, 0.3) is 0 Å². The van der Waals surface area contributed by atoms with Gasteiger partial charge in [-0.3, -0.25) is 0 Å². The minimum Gasteiger partial charge on any atom is -0.329 e. The van der Waals surface area contributed by atoms with Crippen LogP contribution in [0, 0.1) is 6.92 Å². The van der Waals surface area contributed by atoms with Gasteiger partial charge >= 0.3 is 0 Å². The van der Waals surface area contributed by atoms with Gasteiger partial charge in [0.2, 0.25) is 0 Å². The summed E-state index contributed by atoms with van der Waals surface area (Å²) >= 11 is 1.68. The van der Waals surface area contributed by atoms with Gasteiger partial charge in [-0.1, -0.05) is 39.0 Å². The summed E-state index contributed by atoms with van der Waals surface area (Å²) in [6.45, 7) is 9.07. The van der Waals surface area contributed by atoms with Crippen molar-refractivity contribution in [1.82, 2.24) is 14.8 Å². The Morgan fingerprint density at radius 2 is 1.92 bits per heavy atom. The maximum atomic E-state index is 6.14. The molecule has 0 amide bonds.